The number of carbonyl (C=O) groups excluding carboxylic acids is 2. The Hall–Kier alpha value is -1.64. The standard InChI is InChI=1S/C15H20O3/c1-5-6-13(16)11-7-9-12(10-8-11)14(17)18-15(2,3)4/h7-10H,5-6H2,1-4H3. The number of Topliss-reactive ketones (excluding diaryl/α,β-unsaturated/α-hetero) is 1. The lowest BCUT2D eigenvalue weighted by molar-refractivity contribution is 0.00693. The summed E-state index contributed by atoms with van der Waals surface area (Å²) in [5, 5.41) is 0. The van der Waals surface area contributed by atoms with Crippen molar-refractivity contribution in [1.82, 2.24) is 0 Å². The lowest BCUT2D eigenvalue weighted by Crippen LogP contribution is -2.23. The van der Waals surface area contributed by atoms with Gasteiger partial charge in [-0.25, -0.2) is 4.79 Å². The highest BCUT2D eigenvalue weighted by Crippen LogP contribution is 2.13. The van der Waals surface area contributed by atoms with Crippen LogP contribution in [0.15, 0.2) is 24.3 Å². The summed E-state index contributed by atoms with van der Waals surface area (Å²) in [6.45, 7) is 7.44. The van der Waals surface area contributed by atoms with E-state index in [9.17, 15) is 9.59 Å². The zero-order chi connectivity index (χ0) is 13.8. The van der Waals surface area contributed by atoms with Gasteiger partial charge in [-0.15, -0.1) is 0 Å². The second-order valence-corrected chi connectivity index (χ2v) is 5.25. The number of ether oxygens (including phenoxy) is 1. The summed E-state index contributed by atoms with van der Waals surface area (Å²) in [5.41, 5.74) is 0.607. The van der Waals surface area contributed by atoms with Gasteiger partial charge in [-0.05, 0) is 39.3 Å². The van der Waals surface area contributed by atoms with Gasteiger partial charge in [0.15, 0.2) is 5.78 Å². The topological polar surface area (TPSA) is 43.4 Å². The molecule has 0 N–H and O–H groups in total. The Bertz CT molecular complexity index is 424. The summed E-state index contributed by atoms with van der Waals surface area (Å²) in [5.74, 6) is -0.259. The van der Waals surface area contributed by atoms with E-state index >= 15 is 0 Å². The van der Waals surface area contributed by atoms with E-state index < -0.39 is 5.60 Å². The van der Waals surface area contributed by atoms with Crippen molar-refractivity contribution in [2.24, 2.45) is 0 Å². The SMILES string of the molecule is CCCC(=O)c1ccc(C(=O)OC(C)(C)C)cc1. The predicted octanol–water partition coefficient (Wildman–Crippen LogP) is 3.62. The quantitative estimate of drug-likeness (QED) is 0.603. The van der Waals surface area contributed by atoms with Crippen LogP contribution in [-0.2, 0) is 4.74 Å². The van der Waals surface area contributed by atoms with Gasteiger partial charge in [0.1, 0.15) is 5.60 Å². The molecule has 0 aromatic heterocycles. The molecule has 0 saturated heterocycles. The molecule has 0 fully saturated rings. The number of esters is 1. The van der Waals surface area contributed by atoms with E-state index in [0.29, 0.717) is 17.5 Å². The minimum absolute atomic E-state index is 0.105. The molecule has 0 unspecified atom stereocenters. The minimum atomic E-state index is -0.506. The molecule has 0 bridgehead atoms. The molecule has 0 heterocycles. The molecule has 0 saturated carbocycles. The monoisotopic (exact) mass is 248 g/mol. The number of carbonyl (C=O) groups is 2. The van der Waals surface area contributed by atoms with Crippen molar-refractivity contribution in [2.45, 2.75) is 46.1 Å². The molecule has 0 aliphatic heterocycles. The summed E-state index contributed by atoms with van der Waals surface area (Å²) < 4.78 is 5.25. The van der Waals surface area contributed by atoms with Gasteiger partial charge in [-0.3, -0.25) is 4.79 Å². The normalized spacial score (nSPS) is 11.1. The van der Waals surface area contributed by atoms with Crippen LogP contribution in [0, 0.1) is 0 Å². The molecule has 1 rings (SSSR count). The number of ketones is 1. The molecule has 0 amide bonds. The fourth-order valence-electron chi connectivity index (χ4n) is 1.50. The van der Waals surface area contributed by atoms with Crippen molar-refractivity contribution in [2.75, 3.05) is 0 Å². The van der Waals surface area contributed by atoms with Crippen molar-refractivity contribution in [3.05, 3.63) is 35.4 Å². The van der Waals surface area contributed by atoms with E-state index in [2.05, 4.69) is 0 Å². The maximum absolute atomic E-state index is 11.8. The number of rotatable bonds is 4. The maximum Gasteiger partial charge on any atom is 0.338 e. The summed E-state index contributed by atoms with van der Waals surface area (Å²) in [7, 11) is 0. The molecule has 0 aliphatic rings. The highest BCUT2D eigenvalue weighted by atomic mass is 16.6. The van der Waals surface area contributed by atoms with E-state index in [-0.39, 0.29) is 11.8 Å². The Morgan fingerprint density at radius 3 is 2.00 bits per heavy atom. The first kappa shape index (κ1) is 14.4. The third kappa shape index (κ3) is 4.32. The van der Waals surface area contributed by atoms with E-state index in [0.717, 1.165) is 6.42 Å². The summed E-state index contributed by atoms with van der Waals surface area (Å²) in [4.78, 5) is 23.4. The average Bonchev–Trinajstić information content (AvgIpc) is 2.27. The number of benzene rings is 1. The van der Waals surface area contributed by atoms with Crippen LogP contribution in [0.4, 0.5) is 0 Å². The van der Waals surface area contributed by atoms with Gasteiger partial charge in [0.2, 0.25) is 0 Å². The van der Waals surface area contributed by atoms with Gasteiger partial charge < -0.3 is 4.74 Å². The molecule has 0 aliphatic carbocycles. The fraction of sp³-hybridized carbons (Fsp3) is 0.467. The Balaban J connectivity index is 2.77. The van der Waals surface area contributed by atoms with Crippen molar-refractivity contribution < 1.29 is 14.3 Å². The lowest BCUT2D eigenvalue weighted by atomic mass is 10.0. The van der Waals surface area contributed by atoms with Crippen molar-refractivity contribution in [3.8, 4) is 0 Å². The van der Waals surface area contributed by atoms with Gasteiger partial charge in [0.05, 0.1) is 5.56 Å². The third-order valence-corrected chi connectivity index (χ3v) is 2.32. The molecule has 3 nitrogen and oxygen atoms in total. The molecule has 0 spiro atoms. The Morgan fingerprint density at radius 1 is 1.06 bits per heavy atom. The zero-order valence-corrected chi connectivity index (χ0v) is 11.4. The molecule has 0 atom stereocenters. The highest BCUT2D eigenvalue weighted by Gasteiger charge is 2.17. The molecule has 0 radical (unpaired) electrons. The van der Waals surface area contributed by atoms with Crippen LogP contribution in [0.1, 0.15) is 61.3 Å². The van der Waals surface area contributed by atoms with Crippen LogP contribution in [-0.4, -0.2) is 17.4 Å². The van der Waals surface area contributed by atoms with Crippen molar-refractivity contribution >= 4 is 11.8 Å². The van der Waals surface area contributed by atoms with Crippen LogP contribution >= 0.6 is 0 Å². The Kier molecular flexibility index (Phi) is 4.65. The molecule has 1 aromatic rings. The Morgan fingerprint density at radius 2 is 1.56 bits per heavy atom. The van der Waals surface area contributed by atoms with Gasteiger partial charge in [0, 0.05) is 12.0 Å². The van der Waals surface area contributed by atoms with E-state index in [1.165, 1.54) is 0 Å². The molecule has 98 valence electrons. The Labute approximate surface area is 108 Å². The van der Waals surface area contributed by atoms with Crippen LogP contribution in [0.5, 0.6) is 0 Å². The lowest BCUT2D eigenvalue weighted by Gasteiger charge is -2.19. The molecule has 3 heteroatoms. The number of hydrogen-bond acceptors (Lipinski definition) is 3. The van der Waals surface area contributed by atoms with E-state index in [1.54, 1.807) is 24.3 Å². The van der Waals surface area contributed by atoms with Crippen LogP contribution in [0.25, 0.3) is 0 Å². The molecular formula is C15H20O3. The second-order valence-electron chi connectivity index (χ2n) is 5.25. The second kappa shape index (κ2) is 5.80. The molecule has 18 heavy (non-hydrogen) atoms. The number of hydrogen-bond donors (Lipinski definition) is 0. The maximum atomic E-state index is 11.8. The fourth-order valence-corrected chi connectivity index (χ4v) is 1.50. The van der Waals surface area contributed by atoms with Gasteiger partial charge >= 0.3 is 5.97 Å². The predicted molar refractivity (Wildman–Crippen MR) is 70.8 cm³/mol. The van der Waals surface area contributed by atoms with Crippen LogP contribution < -0.4 is 0 Å². The first-order valence-corrected chi connectivity index (χ1v) is 6.20. The summed E-state index contributed by atoms with van der Waals surface area (Å²) in [6, 6.07) is 6.63. The molecule has 1 aromatic carbocycles. The minimum Gasteiger partial charge on any atom is -0.456 e. The van der Waals surface area contributed by atoms with Crippen LogP contribution in [0.3, 0.4) is 0 Å². The van der Waals surface area contributed by atoms with E-state index in [4.69, 9.17) is 4.74 Å². The van der Waals surface area contributed by atoms with Gasteiger partial charge in [-0.1, -0.05) is 19.1 Å². The molecular weight excluding hydrogens is 228 g/mol. The largest absolute Gasteiger partial charge is 0.456 e. The highest BCUT2D eigenvalue weighted by molar-refractivity contribution is 5.97. The van der Waals surface area contributed by atoms with Crippen LogP contribution in [0.2, 0.25) is 0 Å². The smallest absolute Gasteiger partial charge is 0.338 e. The van der Waals surface area contributed by atoms with Gasteiger partial charge in [-0.2, -0.15) is 0 Å². The van der Waals surface area contributed by atoms with Crippen molar-refractivity contribution in [3.63, 3.8) is 0 Å². The summed E-state index contributed by atoms with van der Waals surface area (Å²) in [6.07, 6.45) is 1.36. The first-order valence-electron chi connectivity index (χ1n) is 6.20. The zero-order valence-electron chi connectivity index (χ0n) is 11.4. The first-order chi connectivity index (χ1) is 8.33. The van der Waals surface area contributed by atoms with E-state index in [1.807, 2.05) is 27.7 Å². The van der Waals surface area contributed by atoms with Crippen molar-refractivity contribution in [1.29, 1.82) is 0 Å². The van der Waals surface area contributed by atoms with Gasteiger partial charge in [0.25, 0.3) is 0 Å². The average molecular weight is 248 g/mol. The summed E-state index contributed by atoms with van der Waals surface area (Å²) >= 11 is 0. The third-order valence-electron chi connectivity index (χ3n) is 2.32.